The fourth-order valence-corrected chi connectivity index (χ4v) is 3.88. The van der Waals surface area contributed by atoms with E-state index in [0.29, 0.717) is 18.4 Å². The Labute approximate surface area is 114 Å². The first-order valence-corrected chi connectivity index (χ1v) is 6.89. The number of amides is 1. The molecule has 1 aliphatic heterocycles. The van der Waals surface area contributed by atoms with Gasteiger partial charge in [-0.3, -0.25) is 4.79 Å². The topological polar surface area (TPSA) is 64.4 Å². The van der Waals surface area contributed by atoms with Crippen LogP contribution in [0.1, 0.15) is 32.1 Å². The van der Waals surface area contributed by atoms with Gasteiger partial charge >= 0.3 is 0 Å². The minimum absolute atomic E-state index is 0. The van der Waals surface area contributed by atoms with E-state index in [-0.39, 0.29) is 36.3 Å². The van der Waals surface area contributed by atoms with Gasteiger partial charge < -0.3 is 15.8 Å². The molecule has 1 amide bonds. The summed E-state index contributed by atoms with van der Waals surface area (Å²) in [7, 11) is 0. The van der Waals surface area contributed by atoms with Crippen molar-refractivity contribution >= 4 is 18.3 Å². The minimum atomic E-state index is 0. The van der Waals surface area contributed by atoms with Crippen LogP contribution < -0.4 is 11.1 Å². The van der Waals surface area contributed by atoms with Crippen molar-refractivity contribution in [2.24, 2.45) is 23.5 Å². The Kier molecular flexibility index (Phi) is 4.51. The van der Waals surface area contributed by atoms with E-state index in [1.807, 2.05) is 0 Å². The highest BCUT2D eigenvalue weighted by Gasteiger charge is 2.49. The zero-order valence-electron chi connectivity index (χ0n) is 10.6. The van der Waals surface area contributed by atoms with Crippen LogP contribution in [0, 0.1) is 17.8 Å². The molecule has 3 fully saturated rings. The second kappa shape index (κ2) is 5.76. The summed E-state index contributed by atoms with van der Waals surface area (Å²) >= 11 is 0. The first kappa shape index (κ1) is 14.1. The third kappa shape index (κ3) is 2.51. The fraction of sp³-hybridized carbons (Fsp3) is 0.923. The zero-order valence-corrected chi connectivity index (χ0v) is 11.5. The maximum atomic E-state index is 12.3. The van der Waals surface area contributed by atoms with Crippen LogP contribution in [0.3, 0.4) is 0 Å². The molecule has 0 radical (unpaired) electrons. The van der Waals surface area contributed by atoms with Crippen molar-refractivity contribution in [1.82, 2.24) is 5.32 Å². The van der Waals surface area contributed by atoms with E-state index >= 15 is 0 Å². The van der Waals surface area contributed by atoms with Crippen molar-refractivity contribution in [3.63, 3.8) is 0 Å². The van der Waals surface area contributed by atoms with Gasteiger partial charge in [0.05, 0.1) is 18.6 Å². The SMILES string of the molecule is Cl.NC1C2CCC(C2)C1C(=O)NC1CCCOC1. The lowest BCUT2D eigenvalue weighted by molar-refractivity contribution is -0.128. The molecule has 2 saturated carbocycles. The number of nitrogens with one attached hydrogen (secondary N) is 1. The van der Waals surface area contributed by atoms with Crippen molar-refractivity contribution in [2.75, 3.05) is 13.2 Å². The second-order valence-corrected chi connectivity index (χ2v) is 5.86. The fourth-order valence-electron chi connectivity index (χ4n) is 3.88. The quantitative estimate of drug-likeness (QED) is 0.792. The molecule has 3 aliphatic rings. The molecule has 0 spiro atoms. The summed E-state index contributed by atoms with van der Waals surface area (Å²) in [6.45, 7) is 1.50. The van der Waals surface area contributed by atoms with E-state index in [0.717, 1.165) is 19.4 Å². The Morgan fingerprint density at radius 2 is 2.00 bits per heavy atom. The monoisotopic (exact) mass is 274 g/mol. The molecule has 3 N–H and O–H groups in total. The van der Waals surface area contributed by atoms with Gasteiger partial charge in [0.15, 0.2) is 0 Å². The van der Waals surface area contributed by atoms with E-state index in [4.69, 9.17) is 10.5 Å². The number of rotatable bonds is 2. The zero-order chi connectivity index (χ0) is 11.8. The predicted molar refractivity (Wildman–Crippen MR) is 71.5 cm³/mol. The van der Waals surface area contributed by atoms with E-state index in [2.05, 4.69) is 5.32 Å². The molecular formula is C13H23ClN2O2. The summed E-state index contributed by atoms with van der Waals surface area (Å²) in [5, 5.41) is 3.13. The maximum Gasteiger partial charge on any atom is 0.225 e. The summed E-state index contributed by atoms with van der Waals surface area (Å²) in [5.74, 6) is 1.38. The first-order valence-electron chi connectivity index (χ1n) is 6.89. The van der Waals surface area contributed by atoms with Crippen LogP contribution in [0.25, 0.3) is 0 Å². The molecule has 3 rings (SSSR count). The molecule has 18 heavy (non-hydrogen) atoms. The number of nitrogens with two attached hydrogens (primary N) is 1. The molecule has 0 aromatic carbocycles. The van der Waals surface area contributed by atoms with Crippen molar-refractivity contribution in [2.45, 2.75) is 44.2 Å². The van der Waals surface area contributed by atoms with Crippen LogP contribution in [-0.4, -0.2) is 31.2 Å². The van der Waals surface area contributed by atoms with E-state index in [1.54, 1.807) is 0 Å². The van der Waals surface area contributed by atoms with Gasteiger partial charge in [0.2, 0.25) is 5.91 Å². The summed E-state index contributed by atoms with van der Waals surface area (Å²) in [6.07, 6.45) is 5.68. The Balaban J connectivity index is 0.00000120. The Hall–Kier alpha value is -0.320. The van der Waals surface area contributed by atoms with Crippen molar-refractivity contribution < 1.29 is 9.53 Å². The molecule has 5 unspecified atom stereocenters. The van der Waals surface area contributed by atoms with Crippen LogP contribution in [0.5, 0.6) is 0 Å². The average Bonchev–Trinajstić information content (AvgIpc) is 2.90. The Morgan fingerprint density at radius 3 is 2.61 bits per heavy atom. The molecule has 0 aromatic rings. The summed E-state index contributed by atoms with van der Waals surface area (Å²) < 4.78 is 5.39. The molecule has 1 saturated heterocycles. The molecular weight excluding hydrogens is 252 g/mol. The molecule has 104 valence electrons. The van der Waals surface area contributed by atoms with E-state index < -0.39 is 0 Å². The summed E-state index contributed by atoms with van der Waals surface area (Å²) in [5.41, 5.74) is 6.18. The maximum absolute atomic E-state index is 12.3. The van der Waals surface area contributed by atoms with Crippen LogP contribution in [0.4, 0.5) is 0 Å². The van der Waals surface area contributed by atoms with Crippen LogP contribution in [0.2, 0.25) is 0 Å². The molecule has 5 heteroatoms. The molecule has 1 heterocycles. The third-order valence-electron chi connectivity index (χ3n) is 4.79. The molecule has 4 nitrogen and oxygen atoms in total. The Bertz CT molecular complexity index is 305. The predicted octanol–water partition coefficient (Wildman–Crippen LogP) is 1.08. The molecule has 0 aromatic heterocycles. The Morgan fingerprint density at radius 1 is 1.22 bits per heavy atom. The van der Waals surface area contributed by atoms with Gasteiger partial charge in [0.1, 0.15) is 0 Å². The average molecular weight is 275 g/mol. The minimum Gasteiger partial charge on any atom is -0.379 e. The summed E-state index contributed by atoms with van der Waals surface area (Å²) in [6, 6.07) is 0.306. The van der Waals surface area contributed by atoms with Gasteiger partial charge in [0, 0.05) is 12.6 Å². The second-order valence-electron chi connectivity index (χ2n) is 5.86. The van der Waals surface area contributed by atoms with Crippen molar-refractivity contribution in [3.8, 4) is 0 Å². The highest BCUT2D eigenvalue weighted by molar-refractivity contribution is 5.85. The largest absolute Gasteiger partial charge is 0.379 e. The van der Waals surface area contributed by atoms with Gasteiger partial charge in [-0.2, -0.15) is 0 Å². The summed E-state index contributed by atoms with van der Waals surface area (Å²) in [4.78, 5) is 12.3. The molecule has 2 bridgehead atoms. The lowest BCUT2D eigenvalue weighted by Crippen LogP contribution is -2.49. The van der Waals surface area contributed by atoms with Crippen LogP contribution >= 0.6 is 12.4 Å². The van der Waals surface area contributed by atoms with Crippen LogP contribution in [-0.2, 0) is 9.53 Å². The molecule has 2 aliphatic carbocycles. The van der Waals surface area contributed by atoms with E-state index in [9.17, 15) is 4.79 Å². The van der Waals surface area contributed by atoms with Gasteiger partial charge in [-0.05, 0) is 43.9 Å². The highest BCUT2D eigenvalue weighted by atomic mass is 35.5. The van der Waals surface area contributed by atoms with Gasteiger partial charge in [0.25, 0.3) is 0 Å². The van der Waals surface area contributed by atoms with Gasteiger partial charge in [-0.1, -0.05) is 0 Å². The van der Waals surface area contributed by atoms with Crippen LogP contribution in [0.15, 0.2) is 0 Å². The number of ether oxygens (including phenoxy) is 1. The third-order valence-corrected chi connectivity index (χ3v) is 4.79. The highest BCUT2D eigenvalue weighted by Crippen LogP contribution is 2.47. The number of fused-ring (bicyclic) bond motifs is 2. The number of carbonyl (C=O) groups excluding carboxylic acids is 1. The normalized spacial score (nSPS) is 42.4. The number of hydrogen-bond acceptors (Lipinski definition) is 3. The van der Waals surface area contributed by atoms with Gasteiger partial charge in [-0.15, -0.1) is 12.4 Å². The smallest absolute Gasteiger partial charge is 0.225 e. The standard InChI is InChI=1S/C13H22N2O2.ClH/c14-12-9-4-3-8(6-9)11(12)13(16)15-10-2-1-5-17-7-10;/h8-12H,1-7,14H2,(H,15,16);1H. The van der Waals surface area contributed by atoms with Gasteiger partial charge in [-0.25, -0.2) is 0 Å². The van der Waals surface area contributed by atoms with E-state index in [1.165, 1.54) is 19.3 Å². The van der Waals surface area contributed by atoms with Crippen molar-refractivity contribution in [1.29, 1.82) is 0 Å². The number of carbonyl (C=O) groups is 1. The number of hydrogen-bond donors (Lipinski definition) is 2. The van der Waals surface area contributed by atoms with Crippen molar-refractivity contribution in [3.05, 3.63) is 0 Å². The first-order chi connectivity index (χ1) is 8.25. The lowest BCUT2D eigenvalue weighted by Gasteiger charge is -2.30. The molecule has 5 atom stereocenters. The number of halogens is 1. The lowest BCUT2D eigenvalue weighted by atomic mass is 9.84.